The Morgan fingerprint density at radius 2 is 1.90 bits per heavy atom. The first-order chi connectivity index (χ1) is 14.0. The molecule has 7 heteroatoms. The van der Waals surface area contributed by atoms with Crippen LogP contribution in [0.25, 0.3) is 0 Å². The number of ether oxygens (including phenoxy) is 1. The summed E-state index contributed by atoms with van der Waals surface area (Å²) in [5, 5.41) is 2.59. The number of primary amides is 1. The molecule has 1 aromatic heterocycles. The number of carbonyl (C=O) groups excluding carboxylic acids is 1. The second-order valence-electron chi connectivity index (χ2n) is 6.01. The van der Waals surface area contributed by atoms with Gasteiger partial charge in [0.1, 0.15) is 23.0 Å². The Morgan fingerprint density at radius 1 is 1.21 bits per heavy atom. The molecule has 3 rings (SSSR count). The van der Waals surface area contributed by atoms with Gasteiger partial charge in [-0.05, 0) is 37.5 Å². The van der Waals surface area contributed by atoms with Crippen LogP contribution < -0.4 is 10.5 Å². The number of amides is 1. The van der Waals surface area contributed by atoms with Gasteiger partial charge in [0.15, 0.2) is 11.6 Å². The highest BCUT2D eigenvalue weighted by Crippen LogP contribution is 2.24. The summed E-state index contributed by atoms with van der Waals surface area (Å²) in [6.07, 6.45) is 3.41. The third kappa shape index (κ3) is 6.50. The highest BCUT2D eigenvalue weighted by molar-refractivity contribution is 7.09. The molecule has 0 fully saturated rings. The van der Waals surface area contributed by atoms with Crippen molar-refractivity contribution in [2.45, 2.75) is 26.4 Å². The minimum atomic E-state index is -1.18. The van der Waals surface area contributed by atoms with E-state index in [1.165, 1.54) is 16.9 Å². The number of carbonyl (C=O) groups is 1. The van der Waals surface area contributed by atoms with Gasteiger partial charge in [-0.25, -0.2) is 13.8 Å². The zero-order valence-corrected chi connectivity index (χ0v) is 16.8. The Kier molecular flexibility index (Phi) is 8.48. The lowest BCUT2D eigenvalue weighted by Crippen LogP contribution is -2.16. The summed E-state index contributed by atoms with van der Waals surface area (Å²) in [7, 11) is 0. The molecular formula is C22H22F2N2O2S. The van der Waals surface area contributed by atoms with E-state index in [1.807, 2.05) is 30.5 Å². The molecule has 152 valence electrons. The molecule has 0 aliphatic rings. The van der Waals surface area contributed by atoms with Crippen LogP contribution in [0.4, 0.5) is 8.78 Å². The highest BCUT2D eigenvalue weighted by Gasteiger charge is 2.19. The largest absolute Gasteiger partial charge is 0.483 e. The molecule has 0 saturated heterocycles. The van der Waals surface area contributed by atoms with Crippen molar-refractivity contribution in [3.8, 4) is 5.75 Å². The third-order valence-corrected chi connectivity index (χ3v) is 4.64. The molecule has 2 N–H and O–H groups in total. The van der Waals surface area contributed by atoms with Crippen molar-refractivity contribution in [2.75, 3.05) is 0 Å². The SMILES string of the molecule is C=CC.NC(=O)c1c(F)ccc(OCc2nc(CCc3ccccc3)cs2)c1F. The number of aromatic nitrogens is 1. The molecule has 1 amide bonds. The predicted molar refractivity (Wildman–Crippen MR) is 111 cm³/mol. The lowest BCUT2D eigenvalue weighted by atomic mass is 10.1. The van der Waals surface area contributed by atoms with Gasteiger partial charge in [0, 0.05) is 5.38 Å². The van der Waals surface area contributed by atoms with E-state index in [1.54, 1.807) is 6.08 Å². The Labute approximate surface area is 172 Å². The van der Waals surface area contributed by atoms with E-state index in [2.05, 4.69) is 23.7 Å². The number of aryl methyl sites for hydroxylation is 2. The second-order valence-corrected chi connectivity index (χ2v) is 6.96. The van der Waals surface area contributed by atoms with Gasteiger partial charge in [-0.3, -0.25) is 4.79 Å². The second kappa shape index (κ2) is 11.1. The van der Waals surface area contributed by atoms with Crippen LogP contribution in [0.3, 0.4) is 0 Å². The zero-order valence-electron chi connectivity index (χ0n) is 16.0. The van der Waals surface area contributed by atoms with Crippen LogP contribution in [-0.4, -0.2) is 10.9 Å². The molecule has 0 unspecified atom stereocenters. The minimum Gasteiger partial charge on any atom is -0.483 e. The van der Waals surface area contributed by atoms with Crippen LogP contribution >= 0.6 is 11.3 Å². The molecule has 3 aromatic rings. The zero-order chi connectivity index (χ0) is 21.2. The molecule has 0 atom stereocenters. The van der Waals surface area contributed by atoms with E-state index >= 15 is 0 Å². The summed E-state index contributed by atoms with van der Waals surface area (Å²) in [6, 6.07) is 12.2. The number of hydrogen-bond donors (Lipinski definition) is 1. The van der Waals surface area contributed by atoms with E-state index in [0.29, 0.717) is 5.01 Å². The van der Waals surface area contributed by atoms with E-state index in [0.717, 1.165) is 30.7 Å². The number of nitrogens with two attached hydrogens (primary N) is 1. The summed E-state index contributed by atoms with van der Waals surface area (Å²) in [6.45, 7) is 5.27. The molecule has 0 radical (unpaired) electrons. The van der Waals surface area contributed by atoms with Crippen LogP contribution in [0.2, 0.25) is 0 Å². The molecule has 0 bridgehead atoms. The van der Waals surface area contributed by atoms with Gasteiger partial charge in [0.25, 0.3) is 5.91 Å². The molecule has 0 saturated carbocycles. The summed E-state index contributed by atoms with van der Waals surface area (Å²) in [4.78, 5) is 15.6. The average molecular weight is 416 g/mol. The van der Waals surface area contributed by atoms with Crippen LogP contribution in [0.5, 0.6) is 5.75 Å². The Morgan fingerprint density at radius 3 is 2.55 bits per heavy atom. The van der Waals surface area contributed by atoms with Crippen molar-refractivity contribution in [3.05, 3.63) is 94.0 Å². The van der Waals surface area contributed by atoms with Crippen molar-refractivity contribution in [2.24, 2.45) is 5.73 Å². The number of halogens is 2. The van der Waals surface area contributed by atoms with Crippen molar-refractivity contribution in [1.29, 1.82) is 0 Å². The summed E-state index contributed by atoms with van der Waals surface area (Å²) in [5.41, 5.74) is 6.34. The fraction of sp³-hybridized carbons (Fsp3) is 0.182. The van der Waals surface area contributed by atoms with Crippen molar-refractivity contribution in [3.63, 3.8) is 0 Å². The first-order valence-corrected chi connectivity index (χ1v) is 9.79. The first kappa shape index (κ1) is 22.2. The predicted octanol–water partition coefficient (Wildman–Crippen LogP) is 5.08. The van der Waals surface area contributed by atoms with Crippen LogP contribution in [0, 0.1) is 11.6 Å². The fourth-order valence-corrected chi connectivity index (χ4v) is 3.20. The lowest BCUT2D eigenvalue weighted by molar-refractivity contribution is 0.0991. The minimum absolute atomic E-state index is 0.0246. The smallest absolute Gasteiger partial charge is 0.254 e. The molecule has 0 spiro atoms. The highest BCUT2D eigenvalue weighted by atomic mass is 32.1. The molecule has 0 aliphatic heterocycles. The van der Waals surface area contributed by atoms with Crippen molar-refractivity contribution < 1.29 is 18.3 Å². The molecule has 0 aliphatic carbocycles. The van der Waals surface area contributed by atoms with E-state index in [9.17, 15) is 13.6 Å². The van der Waals surface area contributed by atoms with E-state index < -0.39 is 23.1 Å². The van der Waals surface area contributed by atoms with Gasteiger partial charge in [0.2, 0.25) is 0 Å². The number of benzene rings is 2. The fourth-order valence-electron chi connectivity index (χ4n) is 2.46. The summed E-state index contributed by atoms with van der Waals surface area (Å²) >= 11 is 1.40. The Hall–Kier alpha value is -3.06. The monoisotopic (exact) mass is 416 g/mol. The number of thiazole rings is 1. The van der Waals surface area contributed by atoms with E-state index in [4.69, 9.17) is 10.5 Å². The number of nitrogens with zero attached hydrogens (tertiary/aromatic N) is 1. The van der Waals surface area contributed by atoms with Gasteiger partial charge < -0.3 is 10.5 Å². The topological polar surface area (TPSA) is 65.2 Å². The maximum Gasteiger partial charge on any atom is 0.254 e. The van der Waals surface area contributed by atoms with Gasteiger partial charge in [-0.2, -0.15) is 0 Å². The number of hydrogen-bond acceptors (Lipinski definition) is 4. The first-order valence-electron chi connectivity index (χ1n) is 8.91. The maximum absolute atomic E-state index is 14.1. The lowest BCUT2D eigenvalue weighted by Gasteiger charge is -2.08. The van der Waals surface area contributed by atoms with Gasteiger partial charge >= 0.3 is 0 Å². The van der Waals surface area contributed by atoms with Crippen LogP contribution in [-0.2, 0) is 19.4 Å². The van der Waals surface area contributed by atoms with Crippen molar-refractivity contribution in [1.82, 2.24) is 4.98 Å². The molecule has 4 nitrogen and oxygen atoms in total. The molecule has 29 heavy (non-hydrogen) atoms. The van der Waals surface area contributed by atoms with Crippen molar-refractivity contribution >= 4 is 17.2 Å². The van der Waals surface area contributed by atoms with Gasteiger partial charge in [-0.15, -0.1) is 17.9 Å². The summed E-state index contributed by atoms with van der Waals surface area (Å²) in [5.74, 6) is -3.53. The normalized spacial score (nSPS) is 10.0. The standard InChI is InChI=1S/C19H16F2N2O2S.C3H6/c20-14-8-9-15(18(21)17(14)19(22)24)25-10-16-23-13(11-26-16)7-6-12-4-2-1-3-5-12;1-3-2/h1-5,8-9,11H,6-7,10H2,(H2,22,24);3H,1H2,2H3. The summed E-state index contributed by atoms with van der Waals surface area (Å²) < 4.78 is 32.9. The average Bonchev–Trinajstić information content (AvgIpc) is 3.15. The van der Waals surface area contributed by atoms with E-state index in [-0.39, 0.29) is 12.4 Å². The number of rotatable bonds is 7. The third-order valence-electron chi connectivity index (χ3n) is 3.77. The number of allylic oxidation sites excluding steroid dienone is 1. The molecule has 1 heterocycles. The Bertz CT molecular complexity index is 959. The molecular weight excluding hydrogens is 394 g/mol. The maximum atomic E-state index is 14.1. The Balaban J connectivity index is 0.000000941. The van der Waals surface area contributed by atoms with Crippen LogP contribution in [0.15, 0.2) is 60.5 Å². The van der Waals surface area contributed by atoms with Gasteiger partial charge in [0.05, 0.1) is 5.69 Å². The van der Waals surface area contributed by atoms with Crippen LogP contribution in [0.1, 0.15) is 33.5 Å². The van der Waals surface area contributed by atoms with Gasteiger partial charge in [-0.1, -0.05) is 36.4 Å². The quantitative estimate of drug-likeness (QED) is 0.547. The molecule has 2 aromatic carbocycles.